The summed E-state index contributed by atoms with van der Waals surface area (Å²) in [7, 11) is 0. The number of hydrogen-bond donors (Lipinski definition) is 2. The van der Waals surface area contributed by atoms with Crippen LogP contribution in [0.15, 0.2) is 48.5 Å². The van der Waals surface area contributed by atoms with E-state index in [9.17, 15) is 27.9 Å². The van der Waals surface area contributed by atoms with Crippen molar-refractivity contribution in [1.82, 2.24) is 10.2 Å². The van der Waals surface area contributed by atoms with E-state index in [0.29, 0.717) is 11.3 Å². The van der Waals surface area contributed by atoms with Gasteiger partial charge in [-0.25, -0.2) is 4.79 Å². The number of nitrogens with one attached hydrogen (secondary N) is 1. The zero-order chi connectivity index (χ0) is 23.5. The molecule has 1 aliphatic heterocycles. The van der Waals surface area contributed by atoms with Gasteiger partial charge in [-0.15, -0.1) is 13.2 Å². The van der Waals surface area contributed by atoms with Gasteiger partial charge in [-0.3, -0.25) is 9.69 Å². The van der Waals surface area contributed by atoms with Crippen LogP contribution < -0.4 is 14.8 Å². The van der Waals surface area contributed by atoms with Crippen molar-refractivity contribution in [1.29, 1.82) is 5.26 Å². The second-order valence-electron chi connectivity index (χ2n) is 7.14. The summed E-state index contributed by atoms with van der Waals surface area (Å²) in [6.45, 7) is 0.835. The van der Waals surface area contributed by atoms with Gasteiger partial charge in [0.15, 0.2) is 0 Å². The van der Waals surface area contributed by atoms with Crippen molar-refractivity contribution in [3.63, 3.8) is 0 Å². The minimum Gasteiger partial charge on any atom is -0.491 e. The first-order chi connectivity index (χ1) is 15.0. The van der Waals surface area contributed by atoms with Crippen LogP contribution in [0.5, 0.6) is 11.5 Å². The van der Waals surface area contributed by atoms with Gasteiger partial charge in [0.2, 0.25) is 0 Å². The first-order valence-corrected chi connectivity index (χ1v) is 9.33. The van der Waals surface area contributed by atoms with Crippen molar-refractivity contribution in [2.75, 3.05) is 13.2 Å². The summed E-state index contributed by atoms with van der Waals surface area (Å²) < 4.78 is 46.2. The van der Waals surface area contributed by atoms with Crippen LogP contribution in [-0.4, -0.2) is 47.6 Å². The molecular weight excluding hydrogens is 431 g/mol. The number of rotatable bonds is 7. The SMILES string of the molecule is CC1(c2ccc(OC(F)(F)F)cc2)NC(=O)N(CC(O)COc2ccc(C#N)cc2)C1=O. The Balaban J connectivity index is 1.63. The number of aliphatic hydroxyl groups excluding tert-OH is 1. The molecule has 8 nitrogen and oxygen atoms in total. The van der Waals surface area contributed by atoms with Gasteiger partial charge < -0.3 is 19.9 Å². The van der Waals surface area contributed by atoms with E-state index in [1.165, 1.54) is 31.2 Å². The van der Waals surface area contributed by atoms with Crippen molar-refractivity contribution in [3.8, 4) is 17.6 Å². The molecule has 2 unspecified atom stereocenters. The topological polar surface area (TPSA) is 112 Å². The molecular formula is C21H18F3N3O5. The van der Waals surface area contributed by atoms with E-state index in [0.717, 1.165) is 17.0 Å². The molecule has 0 saturated carbocycles. The number of benzene rings is 2. The fourth-order valence-corrected chi connectivity index (χ4v) is 3.13. The lowest BCUT2D eigenvalue weighted by molar-refractivity contribution is -0.274. The maximum absolute atomic E-state index is 12.9. The summed E-state index contributed by atoms with van der Waals surface area (Å²) in [5.74, 6) is -0.746. The molecule has 1 heterocycles. The molecule has 1 saturated heterocycles. The summed E-state index contributed by atoms with van der Waals surface area (Å²) in [5, 5.41) is 21.5. The molecule has 32 heavy (non-hydrogen) atoms. The number of carbonyl (C=O) groups excluding carboxylic acids is 2. The zero-order valence-electron chi connectivity index (χ0n) is 16.7. The Hall–Kier alpha value is -3.78. The lowest BCUT2D eigenvalue weighted by Crippen LogP contribution is -2.42. The van der Waals surface area contributed by atoms with E-state index in [1.54, 1.807) is 12.1 Å². The standard InChI is InChI=1S/C21H18F3N3O5/c1-20(14-4-8-17(9-5-14)32-21(22,23)24)18(29)27(19(30)26-20)11-15(28)12-31-16-6-2-13(10-25)3-7-16/h2-9,15,28H,11-12H2,1H3,(H,26,30). The molecule has 0 radical (unpaired) electrons. The fraction of sp³-hybridized carbons (Fsp3) is 0.286. The van der Waals surface area contributed by atoms with E-state index < -0.39 is 35.7 Å². The highest BCUT2D eigenvalue weighted by atomic mass is 19.4. The predicted molar refractivity (Wildman–Crippen MR) is 103 cm³/mol. The number of alkyl halides is 3. The number of β-amino-alcohol motifs (C(OH)–C–C–N with tert-alkyl or cyclic N) is 1. The van der Waals surface area contributed by atoms with E-state index in [4.69, 9.17) is 10.00 Å². The summed E-state index contributed by atoms with van der Waals surface area (Å²) in [6.07, 6.45) is -6.06. The largest absolute Gasteiger partial charge is 0.573 e. The van der Waals surface area contributed by atoms with E-state index >= 15 is 0 Å². The molecule has 2 aromatic rings. The monoisotopic (exact) mass is 449 g/mol. The Morgan fingerprint density at radius 3 is 2.28 bits per heavy atom. The number of nitrogens with zero attached hydrogens (tertiary/aromatic N) is 2. The number of carbonyl (C=O) groups is 2. The Morgan fingerprint density at radius 2 is 1.72 bits per heavy atom. The van der Waals surface area contributed by atoms with Crippen molar-refractivity contribution in [2.45, 2.75) is 24.9 Å². The highest BCUT2D eigenvalue weighted by Crippen LogP contribution is 2.31. The minimum atomic E-state index is -4.85. The van der Waals surface area contributed by atoms with Crippen LogP contribution in [0.25, 0.3) is 0 Å². The van der Waals surface area contributed by atoms with E-state index in [1.807, 2.05) is 6.07 Å². The number of aliphatic hydroxyl groups is 1. The Bertz CT molecular complexity index is 1030. The number of nitriles is 1. The third-order valence-electron chi connectivity index (χ3n) is 4.76. The average Bonchev–Trinajstić information content (AvgIpc) is 2.96. The zero-order valence-corrected chi connectivity index (χ0v) is 16.7. The van der Waals surface area contributed by atoms with Gasteiger partial charge in [-0.05, 0) is 48.9 Å². The first kappa shape index (κ1) is 22.9. The number of amides is 3. The van der Waals surface area contributed by atoms with Gasteiger partial charge in [-0.2, -0.15) is 5.26 Å². The van der Waals surface area contributed by atoms with E-state index in [-0.39, 0.29) is 18.7 Å². The second-order valence-corrected chi connectivity index (χ2v) is 7.14. The van der Waals surface area contributed by atoms with Gasteiger partial charge in [0, 0.05) is 0 Å². The molecule has 0 aromatic heterocycles. The molecule has 11 heteroatoms. The molecule has 1 fully saturated rings. The van der Waals surface area contributed by atoms with Crippen LogP contribution in [0.3, 0.4) is 0 Å². The fourth-order valence-electron chi connectivity index (χ4n) is 3.13. The minimum absolute atomic E-state index is 0.219. The Labute approximate surface area is 180 Å². The third kappa shape index (κ3) is 5.09. The Kier molecular flexibility index (Phi) is 6.27. The Morgan fingerprint density at radius 1 is 1.12 bits per heavy atom. The third-order valence-corrected chi connectivity index (χ3v) is 4.76. The van der Waals surface area contributed by atoms with Gasteiger partial charge in [-0.1, -0.05) is 12.1 Å². The summed E-state index contributed by atoms with van der Waals surface area (Å²) in [4.78, 5) is 26.0. The van der Waals surface area contributed by atoms with Crippen molar-refractivity contribution in [3.05, 3.63) is 59.7 Å². The molecule has 0 spiro atoms. The van der Waals surface area contributed by atoms with Gasteiger partial charge in [0.1, 0.15) is 29.7 Å². The predicted octanol–water partition coefficient (Wildman–Crippen LogP) is 2.66. The van der Waals surface area contributed by atoms with Crippen LogP contribution >= 0.6 is 0 Å². The summed E-state index contributed by atoms with van der Waals surface area (Å²) in [6, 6.07) is 11.9. The molecule has 1 aliphatic rings. The molecule has 0 bridgehead atoms. The van der Waals surface area contributed by atoms with Crippen molar-refractivity contribution >= 4 is 11.9 Å². The molecule has 2 N–H and O–H groups in total. The first-order valence-electron chi connectivity index (χ1n) is 9.33. The van der Waals surface area contributed by atoms with Crippen molar-refractivity contribution in [2.24, 2.45) is 0 Å². The maximum Gasteiger partial charge on any atom is 0.573 e. The van der Waals surface area contributed by atoms with Crippen LogP contribution in [0.2, 0.25) is 0 Å². The van der Waals surface area contributed by atoms with Crippen LogP contribution in [0, 0.1) is 11.3 Å². The van der Waals surface area contributed by atoms with Crippen molar-refractivity contribution < 1.29 is 37.3 Å². The van der Waals surface area contributed by atoms with Crippen LogP contribution in [0.1, 0.15) is 18.1 Å². The molecule has 3 amide bonds. The van der Waals surface area contributed by atoms with Crippen LogP contribution in [-0.2, 0) is 10.3 Å². The molecule has 3 rings (SSSR count). The number of urea groups is 1. The second kappa shape index (κ2) is 8.76. The highest BCUT2D eigenvalue weighted by molar-refractivity contribution is 6.07. The molecule has 168 valence electrons. The molecule has 2 atom stereocenters. The number of hydrogen-bond acceptors (Lipinski definition) is 6. The number of ether oxygens (including phenoxy) is 2. The normalized spacial score (nSPS) is 19.3. The van der Waals surface area contributed by atoms with Gasteiger partial charge >= 0.3 is 12.4 Å². The lowest BCUT2D eigenvalue weighted by atomic mass is 9.92. The summed E-state index contributed by atoms with van der Waals surface area (Å²) in [5.41, 5.74) is -0.840. The summed E-state index contributed by atoms with van der Waals surface area (Å²) >= 11 is 0. The smallest absolute Gasteiger partial charge is 0.491 e. The molecule has 2 aromatic carbocycles. The number of imide groups is 1. The highest BCUT2D eigenvalue weighted by Gasteiger charge is 2.49. The van der Waals surface area contributed by atoms with Crippen LogP contribution in [0.4, 0.5) is 18.0 Å². The van der Waals surface area contributed by atoms with Gasteiger partial charge in [0.25, 0.3) is 5.91 Å². The maximum atomic E-state index is 12.9. The quantitative estimate of drug-likeness (QED) is 0.629. The lowest BCUT2D eigenvalue weighted by Gasteiger charge is -2.23. The van der Waals surface area contributed by atoms with Gasteiger partial charge in [0.05, 0.1) is 18.2 Å². The average molecular weight is 449 g/mol. The molecule has 0 aliphatic carbocycles. The number of halogens is 3. The van der Waals surface area contributed by atoms with E-state index in [2.05, 4.69) is 10.1 Å².